The summed E-state index contributed by atoms with van der Waals surface area (Å²) in [7, 11) is -2.38. The molecule has 2 unspecified atom stereocenters. The van der Waals surface area contributed by atoms with Crippen LogP contribution in [0.25, 0.3) is 0 Å². The van der Waals surface area contributed by atoms with Gasteiger partial charge in [0.1, 0.15) is 5.76 Å². The van der Waals surface area contributed by atoms with E-state index in [0.717, 1.165) is 24.8 Å². The topological polar surface area (TPSA) is 108 Å². The van der Waals surface area contributed by atoms with Crippen molar-refractivity contribution in [3.63, 3.8) is 0 Å². The van der Waals surface area contributed by atoms with Gasteiger partial charge in [0.05, 0.1) is 27.8 Å². The third-order valence-electron chi connectivity index (χ3n) is 6.24. The summed E-state index contributed by atoms with van der Waals surface area (Å²) in [6, 6.07) is 14.8. The van der Waals surface area contributed by atoms with Crippen LogP contribution in [0.3, 0.4) is 0 Å². The minimum absolute atomic E-state index is 0.00251. The molecule has 172 valence electrons. The second-order valence-corrected chi connectivity index (χ2v) is 10.5. The van der Waals surface area contributed by atoms with Crippen molar-refractivity contribution in [2.75, 3.05) is 11.4 Å². The SMILES string of the molecule is CCCC1OC(=O)C(C(c2cccc(N(C)S(=O)(=O)c3ccc(C#N)cc3)c2)C2CC2)=C1O. The highest BCUT2D eigenvalue weighted by molar-refractivity contribution is 7.92. The van der Waals surface area contributed by atoms with E-state index in [1.54, 1.807) is 18.2 Å². The van der Waals surface area contributed by atoms with Gasteiger partial charge in [-0.1, -0.05) is 25.5 Å². The highest BCUT2D eigenvalue weighted by Gasteiger charge is 2.45. The summed E-state index contributed by atoms with van der Waals surface area (Å²) in [5, 5.41) is 19.7. The quantitative estimate of drug-likeness (QED) is 0.577. The molecule has 33 heavy (non-hydrogen) atoms. The van der Waals surface area contributed by atoms with Crippen LogP contribution in [0.4, 0.5) is 5.69 Å². The number of ether oxygens (including phenoxy) is 1. The highest BCUT2D eigenvalue weighted by Crippen LogP contribution is 2.50. The average molecular weight is 467 g/mol. The number of carbonyl (C=O) groups excluding carboxylic acids is 1. The fourth-order valence-corrected chi connectivity index (χ4v) is 5.47. The molecule has 1 N–H and O–H groups in total. The molecule has 2 aliphatic rings. The van der Waals surface area contributed by atoms with Crippen molar-refractivity contribution in [1.29, 1.82) is 5.26 Å². The van der Waals surface area contributed by atoms with Gasteiger partial charge in [-0.25, -0.2) is 13.2 Å². The van der Waals surface area contributed by atoms with E-state index in [9.17, 15) is 18.3 Å². The molecule has 0 amide bonds. The Morgan fingerprint density at radius 3 is 2.52 bits per heavy atom. The molecule has 1 aliphatic carbocycles. The zero-order valence-electron chi connectivity index (χ0n) is 18.6. The number of hydrogen-bond acceptors (Lipinski definition) is 6. The summed E-state index contributed by atoms with van der Waals surface area (Å²) in [5.74, 6) is -0.634. The third kappa shape index (κ3) is 4.33. The van der Waals surface area contributed by atoms with Crippen molar-refractivity contribution in [3.05, 3.63) is 71.0 Å². The number of esters is 1. The Morgan fingerprint density at radius 1 is 1.21 bits per heavy atom. The third-order valence-corrected chi connectivity index (χ3v) is 8.04. The molecular formula is C25H26N2O5S. The maximum Gasteiger partial charge on any atom is 0.338 e. The molecular weight excluding hydrogens is 440 g/mol. The van der Waals surface area contributed by atoms with Gasteiger partial charge in [-0.05, 0) is 67.1 Å². The van der Waals surface area contributed by atoms with Crippen LogP contribution in [0.5, 0.6) is 0 Å². The lowest BCUT2D eigenvalue weighted by molar-refractivity contribution is -0.140. The summed E-state index contributed by atoms with van der Waals surface area (Å²) in [5.41, 5.74) is 1.89. The molecule has 0 radical (unpaired) electrons. The van der Waals surface area contributed by atoms with Gasteiger partial charge in [0.15, 0.2) is 6.10 Å². The van der Waals surface area contributed by atoms with Gasteiger partial charge in [0, 0.05) is 13.0 Å². The van der Waals surface area contributed by atoms with Crippen molar-refractivity contribution in [3.8, 4) is 6.07 Å². The first kappa shape index (κ1) is 22.9. The van der Waals surface area contributed by atoms with Gasteiger partial charge < -0.3 is 9.84 Å². The van der Waals surface area contributed by atoms with E-state index in [0.29, 0.717) is 23.2 Å². The fourth-order valence-electron chi connectivity index (χ4n) is 4.29. The van der Waals surface area contributed by atoms with Crippen LogP contribution in [0, 0.1) is 17.2 Å². The standard InChI is InChI=1S/C25H26N2O5S/c1-3-5-21-24(28)23(25(29)32-21)22(17-10-11-17)18-6-4-7-19(14-18)27(2)33(30,31)20-12-8-16(15-26)9-13-20/h4,6-9,12-14,17,21-22,28H,3,5,10-11H2,1-2H3. The highest BCUT2D eigenvalue weighted by atomic mass is 32.2. The number of cyclic esters (lactones) is 1. The summed E-state index contributed by atoms with van der Waals surface area (Å²) < 4.78 is 32.9. The molecule has 7 nitrogen and oxygen atoms in total. The summed E-state index contributed by atoms with van der Waals surface area (Å²) >= 11 is 0. The Hall–Kier alpha value is -3.31. The predicted octanol–water partition coefficient (Wildman–Crippen LogP) is 4.41. The van der Waals surface area contributed by atoms with Crippen LogP contribution in [0.1, 0.15) is 49.7 Å². The van der Waals surface area contributed by atoms with E-state index >= 15 is 0 Å². The first-order valence-electron chi connectivity index (χ1n) is 11.0. The largest absolute Gasteiger partial charge is 0.508 e. The minimum Gasteiger partial charge on any atom is -0.508 e. The van der Waals surface area contributed by atoms with Crippen molar-refractivity contribution in [2.24, 2.45) is 5.92 Å². The Bertz CT molecular complexity index is 1240. The van der Waals surface area contributed by atoms with Crippen molar-refractivity contribution in [1.82, 2.24) is 0 Å². The number of aliphatic hydroxyl groups excluding tert-OH is 1. The molecule has 0 bridgehead atoms. The van der Waals surface area contributed by atoms with Crippen molar-refractivity contribution >= 4 is 21.7 Å². The van der Waals surface area contributed by atoms with E-state index < -0.39 is 22.1 Å². The Morgan fingerprint density at radius 2 is 1.91 bits per heavy atom. The van der Waals surface area contributed by atoms with Gasteiger partial charge in [0.2, 0.25) is 0 Å². The molecule has 2 aromatic rings. The summed E-state index contributed by atoms with van der Waals surface area (Å²) in [6.07, 6.45) is 2.58. The van der Waals surface area contributed by atoms with Crippen LogP contribution in [0.15, 0.2) is 64.8 Å². The molecule has 4 rings (SSSR count). The van der Waals surface area contributed by atoms with Crippen LogP contribution in [-0.2, 0) is 19.6 Å². The Labute approximate surface area is 194 Å². The van der Waals surface area contributed by atoms with Gasteiger partial charge >= 0.3 is 5.97 Å². The number of hydrogen-bond donors (Lipinski definition) is 1. The van der Waals surface area contributed by atoms with Gasteiger partial charge in [-0.2, -0.15) is 5.26 Å². The maximum absolute atomic E-state index is 13.2. The smallest absolute Gasteiger partial charge is 0.338 e. The van der Waals surface area contributed by atoms with Crippen LogP contribution in [-0.4, -0.2) is 32.6 Å². The number of sulfonamides is 1. The molecule has 2 atom stereocenters. The Kier molecular flexibility index (Phi) is 6.17. The lowest BCUT2D eigenvalue weighted by Gasteiger charge is -2.22. The van der Waals surface area contributed by atoms with E-state index in [2.05, 4.69) is 0 Å². The fraction of sp³-hybridized carbons (Fsp3) is 0.360. The average Bonchev–Trinajstić information content (AvgIpc) is 3.62. The number of nitrogens with zero attached hydrogens (tertiary/aromatic N) is 2. The molecule has 1 saturated carbocycles. The number of nitriles is 1. The molecule has 8 heteroatoms. The number of rotatable bonds is 8. The lowest BCUT2D eigenvalue weighted by atomic mass is 9.85. The minimum atomic E-state index is -3.85. The molecule has 0 spiro atoms. The molecule has 0 saturated heterocycles. The lowest BCUT2D eigenvalue weighted by Crippen LogP contribution is -2.26. The first-order valence-corrected chi connectivity index (χ1v) is 12.4. The predicted molar refractivity (Wildman–Crippen MR) is 123 cm³/mol. The summed E-state index contributed by atoms with van der Waals surface area (Å²) in [6.45, 7) is 1.96. The maximum atomic E-state index is 13.2. The molecule has 1 heterocycles. The number of carbonyl (C=O) groups is 1. The van der Waals surface area contributed by atoms with Crippen LogP contribution < -0.4 is 4.31 Å². The van der Waals surface area contributed by atoms with Gasteiger partial charge in [0.25, 0.3) is 10.0 Å². The van der Waals surface area contributed by atoms with E-state index in [1.807, 2.05) is 19.1 Å². The van der Waals surface area contributed by atoms with Crippen molar-refractivity contribution in [2.45, 2.75) is 49.5 Å². The second kappa shape index (κ2) is 8.91. The molecule has 1 aliphatic heterocycles. The van der Waals surface area contributed by atoms with Gasteiger partial charge in [-0.3, -0.25) is 4.31 Å². The van der Waals surface area contributed by atoms with Crippen LogP contribution >= 0.6 is 0 Å². The first-order chi connectivity index (χ1) is 15.8. The normalized spacial score (nSPS) is 19.2. The molecule has 1 fully saturated rings. The molecule has 0 aromatic heterocycles. The number of aliphatic hydroxyl groups is 1. The Balaban J connectivity index is 1.69. The number of anilines is 1. The number of benzene rings is 2. The van der Waals surface area contributed by atoms with E-state index in [1.165, 1.54) is 35.6 Å². The monoisotopic (exact) mass is 466 g/mol. The zero-order valence-corrected chi connectivity index (χ0v) is 19.4. The van der Waals surface area contributed by atoms with Crippen LogP contribution in [0.2, 0.25) is 0 Å². The van der Waals surface area contributed by atoms with Crippen molar-refractivity contribution < 1.29 is 23.1 Å². The summed E-state index contributed by atoms with van der Waals surface area (Å²) in [4.78, 5) is 12.7. The zero-order chi connectivity index (χ0) is 23.8. The molecule has 2 aromatic carbocycles. The van der Waals surface area contributed by atoms with Gasteiger partial charge in [-0.15, -0.1) is 0 Å². The van der Waals surface area contributed by atoms with E-state index in [4.69, 9.17) is 10.00 Å². The second-order valence-electron chi connectivity index (χ2n) is 8.50. The van der Waals surface area contributed by atoms with E-state index in [-0.39, 0.29) is 22.5 Å².